The number of nitrogens with one attached hydrogen (secondary N) is 1. The summed E-state index contributed by atoms with van der Waals surface area (Å²) in [7, 11) is 0. The first kappa shape index (κ1) is 13.5. The van der Waals surface area contributed by atoms with Gasteiger partial charge in [-0.1, -0.05) is 30.3 Å². The summed E-state index contributed by atoms with van der Waals surface area (Å²) in [6.45, 7) is 0.147. The van der Waals surface area contributed by atoms with E-state index in [-0.39, 0.29) is 25.0 Å². The number of ether oxygens (including phenoxy) is 1. The fourth-order valence-corrected chi connectivity index (χ4v) is 2.04. The first-order chi connectivity index (χ1) is 9.15. The number of esters is 1. The van der Waals surface area contributed by atoms with E-state index in [9.17, 15) is 14.7 Å². The van der Waals surface area contributed by atoms with Crippen LogP contribution in [0.1, 0.15) is 24.8 Å². The second-order valence-corrected chi connectivity index (χ2v) is 4.65. The molecule has 2 rings (SSSR count). The van der Waals surface area contributed by atoms with E-state index in [4.69, 9.17) is 4.74 Å². The maximum Gasteiger partial charge on any atom is 0.335 e. The highest BCUT2D eigenvalue weighted by Crippen LogP contribution is 2.13. The van der Waals surface area contributed by atoms with Crippen molar-refractivity contribution in [3.05, 3.63) is 35.9 Å². The summed E-state index contributed by atoms with van der Waals surface area (Å²) < 4.78 is 5.03. The van der Waals surface area contributed by atoms with E-state index in [0.717, 1.165) is 5.56 Å². The summed E-state index contributed by atoms with van der Waals surface area (Å²) in [5.74, 6) is -0.681. The van der Waals surface area contributed by atoms with E-state index in [1.165, 1.54) is 0 Å². The van der Waals surface area contributed by atoms with Gasteiger partial charge in [0, 0.05) is 18.9 Å². The molecule has 2 N–H and O–H groups in total. The van der Waals surface area contributed by atoms with Gasteiger partial charge in [-0.3, -0.25) is 4.79 Å². The Morgan fingerprint density at radius 2 is 2.16 bits per heavy atom. The zero-order valence-corrected chi connectivity index (χ0v) is 10.5. The molecule has 1 amide bonds. The number of amides is 1. The van der Waals surface area contributed by atoms with Gasteiger partial charge in [-0.05, 0) is 12.0 Å². The largest absolute Gasteiger partial charge is 0.459 e. The normalized spacial score (nSPS) is 19.8. The van der Waals surface area contributed by atoms with Gasteiger partial charge in [0.15, 0.2) is 6.10 Å². The molecule has 0 bridgehead atoms. The van der Waals surface area contributed by atoms with Crippen molar-refractivity contribution in [1.82, 2.24) is 5.32 Å². The summed E-state index contributed by atoms with van der Waals surface area (Å²) in [4.78, 5) is 22.6. The highest BCUT2D eigenvalue weighted by molar-refractivity contribution is 5.79. The van der Waals surface area contributed by atoms with Gasteiger partial charge in [-0.15, -0.1) is 0 Å². The Labute approximate surface area is 111 Å². The minimum Gasteiger partial charge on any atom is -0.459 e. The monoisotopic (exact) mass is 263 g/mol. The number of aliphatic hydroxyl groups excluding tert-OH is 1. The molecule has 19 heavy (non-hydrogen) atoms. The van der Waals surface area contributed by atoms with Crippen LogP contribution in [-0.4, -0.2) is 29.1 Å². The zero-order valence-electron chi connectivity index (χ0n) is 10.5. The molecule has 0 radical (unpaired) electrons. The van der Waals surface area contributed by atoms with Crippen molar-refractivity contribution in [2.45, 2.75) is 38.0 Å². The number of hydrogen-bond acceptors (Lipinski definition) is 4. The molecule has 0 saturated carbocycles. The Bertz CT molecular complexity index is 446. The van der Waals surface area contributed by atoms with Crippen molar-refractivity contribution >= 4 is 11.9 Å². The lowest BCUT2D eigenvalue weighted by molar-refractivity contribution is -0.155. The summed E-state index contributed by atoms with van der Waals surface area (Å²) in [5.41, 5.74) is 0.872. The van der Waals surface area contributed by atoms with Gasteiger partial charge >= 0.3 is 5.97 Å². The van der Waals surface area contributed by atoms with Crippen molar-refractivity contribution < 1.29 is 19.4 Å². The lowest BCUT2D eigenvalue weighted by Crippen LogP contribution is -2.33. The van der Waals surface area contributed by atoms with Gasteiger partial charge in [0.1, 0.15) is 6.61 Å². The highest BCUT2D eigenvalue weighted by Gasteiger charge is 2.27. The highest BCUT2D eigenvalue weighted by atomic mass is 16.5. The first-order valence-corrected chi connectivity index (χ1v) is 6.33. The van der Waals surface area contributed by atoms with Gasteiger partial charge in [-0.2, -0.15) is 0 Å². The number of carbonyl (C=O) groups excluding carboxylic acids is 2. The van der Waals surface area contributed by atoms with Crippen LogP contribution in [-0.2, 0) is 20.9 Å². The van der Waals surface area contributed by atoms with Crippen LogP contribution in [0.15, 0.2) is 30.3 Å². The van der Waals surface area contributed by atoms with E-state index in [1.54, 1.807) is 0 Å². The molecule has 2 atom stereocenters. The third-order valence-electron chi connectivity index (χ3n) is 3.09. The molecule has 1 saturated heterocycles. The third kappa shape index (κ3) is 4.06. The Kier molecular flexibility index (Phi) is 4.52. The summed E-state index contributed by atoms with van der Waals surface area (Å²) in [6, 6.07) is 9.14. The van der Waals surface area contributed by atoms with Crippen LogP contribution < -0.4 is 5.32 Å². The van der Waals surface area contributed by atoms with Gasteiger partial charge in [0.25, 0.3) is 0 Å². The predicted molar refractivity (Wildman–Crippen MR) is 68.0 cm³/mol. The van der Waals surface area contributed by atoms with Crippen molar-refractivity contribution in [1.29, 1.82) is 0 Å². The standard InChI is InChI=1S/C14H17NO4/c16-12(8-11-6-7-13(17)15-11)14(18)19-9-10-4-2-1-3-5-10/h1-5,11-12,16H,6-9H2,(H,15,17). The van der Waals surface area contributed by atoms with Crippen molar-refractivity contribution in [2.24, 2.45) is 0 Å². The molecule has 5 nitrogen and oxygen atoms in total. The topological polar surface area (TPSA) is 75.6 Å². The quantitative estimate of drug-likeness (QED) is 0.769. The predicted octanol–water partition coefficient (Wildman–Crippen LogP) is 0.759. The average molecular weight is 263 g/mol. The molecule has 0 spiro atoms. The van der Waals surface area contributed by atoms with Crippen LogP contribution in [0.25, 0.3) is 0 Å². The second-order valence-electron chi connectivity index (χ2n) is 4.65. The molecule has 2 unspecified atom stereocenters. The van der Waals surface area contributed by atoms with Gasteiger partial charge < -0.3 is 15.2 Å². The van der Waals surface area contributed by atoms with Crippen molar-refractivity contribution in [3.8, 4) is 0 Å². The molecule has 102 valence electrons. The third-order valence-corrected chi connectivity index (χ3v) is 3.09. The van der Waals surface area contributed by atoms with E-state index < -0.39 is 12.1 Å². The molecule has 1 aromatic rings. The Balaban J connectivity index is 1.75. The van der Waals surface area contributed by atoms with E-state index in [2.05, 4.69) is 5.32 Å². The van der Waals surface area contributed by atoms with E-state index in [0.29, 0.717) is 12.8 Å². The number of hydrogen-bond donors (Lipinski definition) is 2. The molecule has 1 aromatic carbocycles. The summed E-state index contributed by atoms with van der Waals surface area (Å²) >= 11 is 0. The van der Waals surface area contributed by atoms with Crippen LogP contribution in [0.2, 0.25) is 0 Å². The molecule has 1 aliphatic rings. The van der Waals surface area contributed by atoms with Crippen molar-refractivity contribution in [3.63, 3.8) is 0 Å². The number of carbonyl (C=O) groups is 2. The Hall–Kier alpha value is -1.88. The summed E-state index contributed by atoms with van der Waals surface area (Å²) in [5, 5.41) is 12.4. The fourth-order valence-electron chi connectivity index (χ4n) is 2.04. The zero-order chi connectivity index (χ0) is 13.7. The van der Waals surface area contributed by atoms with Gasteiger partial charge in [0.2, 0.25) is 5.91 Å². The minimum absolute atomic E-state index is 0.0325. The van der Waals surface area contributed by atoms with Crippen LogP contribution in [0.5, 0.6) is 0 Å². The molecular formula is C14H17NO4. The van der Waals surface area contributed by atoms with Crippen molar-refractivity contribution in [2.75, 3.05) is 0 Å². The molecule has 1 aliphatic heterocycles. The number of benzene rings is 1. The van der Waals surface area contributed by atoms with E-state index >= 15 is 0 Å². The van der Waals surface area contributed by atoms with Crippen LogP contribution in [0.3, 0.4) is 0 Å². The van der Waals surface area contributed by atoms with Crippen LogP contribution in [0, 0.1) is 0 Å². The molecule has 0 aliphatic carbocycles. The molecule has 5 heteroatoms. The van der Waals surface area contributed by atoms with E-state index in [1.807, 2.05) is 30.3 Å². The molecular weight excluding hydrogens is 246 g/mol. The molecule has 0 aromatic heterocycles. The average Bonchev–Trinajstić information content (AvgIpc) is 2.82. The van der Waals surface area contributed by atoms with Gasteiger partial charge in [0.05, 0.1) is 0 Å². The minimum atomic E-state index is -1.19. The Morgan fingerprint density at radius 1 is 1.42 bits per heavy atom. The molecule has 1 heterocycles. The SMILES string of the molecule is O=C1CCC(CC(O)C(=O)OCc2ccccc2)N1. The fraction of sp³-hybridized carbons (Fsp3) is 0.429. The van der Waals surface area contributed by atoms with Crippen LogP contribution in [0.4, 0.5) is 0 Å². The second kappa shape index (κ2) is 6.33. The maximum absolute atomic E-state index is 11.6. The maximum atomic E-state index is 11.6. The first-order valence-electron chi connectivity index (χ1n) is 6.33. The summed E-state index contributed by atoms with van der Waals surface area (Å²) in [6.07, 6.45) is 0.129. The smallest absolute Gasteiger partial charge is 0.335 e. The van der Waals surface area contributed by atoms with Crippen LogP contribution >= 0.6 is 0 Å². The lowest BCUT2D eigenvalue weighted by atomic mass is 10.1. The lowest BCUT2D eigenvalue weighted by Gasteiger charge is -2.14. The number of aliphatic hydroxyl groups is 1. The molecule has 1 fully saturated rings. The Morgan fingerprint density at radius 3 is 2.79 bits per heavy atom. The number of rotatable bonds is 5. The van der Waals surface area contributed by atoms with Gasteiger partial charge in [-0.25, -0.2) is 4.79 Å².